The molecule has 0 aromatic carbocycles. The Morgan fingerprint density at radius 1 is 1.23 bits per heavy atom. The van der Waals surface area contributed by atoms with E-state index in [-0.39, 0.29) is 5.91 Å². The summed E-state index contributed by atoms with van der Waals surface area (Å²) in [7, 11) is 0. The fourth-order valence-corrected chi connectivity index (χ4v) is 4.62. The molecule has 2 aromatic heterocycles. The Bertz CT molecular complexity index is 757. The first kappa shape index (κ1) is 17.5. The molecule has 0 radical (unpaired) electrons. The molecule has 2 fully saturated rings. The Kier molecular flexibility index (Phi) is 5.20. The van der Waals surface area contributed by atoms with E-state index in [0.29, 0.717) is 11.5 Å². The number of hydrogen-bond donors (Lipinski definition) is 1. The quantitative estimate of drug-likeness (QED) is 0.896. The first-order valence-corrected chi connectivity index (χ1v) is 10.0. The predicted octanol–water partition coefficient (Wildman–Crippen LogP) is 2.81. The van der Waals surface area contributed by atoms with Crippen molar-refractivity contribution in [2.24, 2.45) is 5.92 Å². The third-order valence-corrected chi connectivity index (χ3v) is 6.12. The molecule has 0 bridgehead atoms. The van der Waals surface area contributed by atoms with Crippen molar-refractivity contribution in [3.8, 4) is 0 Å². The second kappa shape index (κ2) is 7.74. The Morgan fingerprint density at radius 2 is 2.00 bits per heavy atom. The number of nitrogens with zero attached hydrogens (tertiary/aromatic N) is 4. The maximum Gasteiger partial charge on any atom is 0.270 e. The molecular weight excluding hydrogens is 326 g/mol. The van der Waals surface area contributed by atoms with E-state index in [2.05, 4.69) is 20.2 Å². The molecular formula is C20H29N5O. The van der Waals surface area contributed by atoms with Gasteiger partial charge < -0.3 is 10.2 Å². The standard InChI is InChI=1S/C20H29N5O/c1-15-18(25-12-4-10-22-20(25)23-15)19(26)21-11-7-16-8-13-24(14-9-16)17-5-2-3-6-17/h4,10,12,16-17H,2-3,5-9,11,13-14H2,1H3,(H,21,26). The SMILES string of the molecule is Cc1nc2ncccn2c1C(=O)NCCC1CCN(C2CCCC2)CC1. The molecule has 1 N–H and O–H groups in total. The maximum atomic E-state index is 12.6. The number of rotatable bonds is 5. The second-order valence-electron chi connectivity index (χ2n) is 7.80. The first-order valence-electron chi connectivity index (χ1n) is 10.0. The van der Waals surface area contributed by atoms with E-state index in [0.717, 1.165) is 30.6 Å². The van der Waals surface area contributed by atoms with Crippen LogP contribution in [0.15, 0.2) is 18.5 Å². The number of nitrogens with one attached hydrogen (secondary N) is 1. The molecule has 2 aromatic rings. The van der Waals surface area contributed by atoms with E-state index < -0.39 is 0 Å². The Balaban J connectivity index is 1.26. The van der Waals surface area contributed by atoms with Gasteiger partial charge in [-0.25, -0.2) is 9.97 Å². The van der Waals surface area contributed by atoms with Crippen molar-refractivity contribution in [2.75, 3.05) is 19.6 Å². The summed E-state index contributed by atoms with van der Waals surface area (Å²) in [6.45, 7) is 5.07. The molecule has 0 unspecified atom stereocenters. The van der Waals surface area contributed by atoms with E-state index in [1.807, 2.05) is 19.2 Å². The lowest BCUT2D eigenvalue weighted by Crippen LogP contribution is -2.40. The number of carbonyl (C=O) groups excluding carboxylic acids is 1. The maximum absolute atomic E-state index is 12.6. The van der Waals surface area contributed by atoms with Crippen molar-refractivity contribution < 1.29 is 4.79 Å². The molecule has 1 amide bonds. The summed E-state index contributed by atoms with van der Waals surface area (Å²) in [6, 6.07) is 2.67. The summed E-state index contributed by atoms with van der Waals surface area (Å²) in [5.41, 5.74) is 1.33. The number of piperidine rings is 1. The molecule has 6 nitrogen and oxygen atoms in total. The van der Waals surface area contributed by atoms with E-state index >= 15 is 0 Å². The molecule has 1 saturated carbocycles. The van der Waals surface area contributed by atoms with Gasteiger partial charge in [-0.2, -0.15) is 0 Å². The largest absolute Gasteiger partial charge is 0.351 e. The highest BCUT2D eigenvalue weighted by atomic mass is 16.1. The van der Waals surface area contributed by atoms with Gasteiger partial charge in [0, 0.05) is 25.0 Å². The van der Waals surface area contributed by atoms with Crippen LogP contribution < -0.4 is 5.32 Å². The molecule has 140 valence electrons. The van der Waals surface area contributed by atoms with Gasteiger partial charge in [0.15, 0.2) is 0 Å². The van der Waals surface area contributed by atoms with Gasteiger partial charge >= 0.3 is 0 Å². The fourth-order valence-electron chi connectivity index (χ4n) is 4.62. The van der Waals surface area contributed by atoms with Gasteiger partial charge in [0.1, 0.15) is 5.69 Å². The van der Waals surface area contributed by atoms with E-state index in [1.54, 1.807) is 10.6 Å². The number of aryl methyl sites for hydroxylation is 1. The molecule has 3 heterocycles. The third-order valence-electron chi connectivity index (χ3n) is 6.12. The lowest BCUT2D eigenvalue weighted by molar-refractivity contribution is 0.0938. The van der Waals surface area contributed by atoms with Crippen LogP contribution in [0.3, 0.4) is 0 Å². The van der Waals surface area contributed by atoms with Crippen LogP contribution in [-0.2, 0) is 0 Å². The van der Waals surface area contributed by atoms with Gasteiger partial charge in [0.25, 0.3) is 5.91 Å². The van der Waals surface area contributed by atoms with Crippen molar-refractivity contribution in [3.05, 3.63) is 29.8 Å². The molecule has 4 rings (SSSR count). The van der Waals surface area contributed by atoms with Crippen LogP contribution in [0.4, 0.5) is 0 Å². The highest BCUT2D eigenvalue weighted by Crippen LogP contribution is 2.28. The number of imidazole rings is 1. The number of aromatic nitrogens is 3. The predicted molar refractivity (Wildman–Crippen MR) is 101 cm³/mol. The smallest absolute Gasteiger partial charge is 0.270 e. The number of hydrogen-bond acceptors (Lipinski definition) is 4. The van der Waals surface area contributed by atoms with Gasteiger partial charge in [-0.3, -0.25) is 9.20 Å². The third kappa shape index (κ3) is 3.61. The number of amides is 1. The normalized spacial score (nSPS) is 20.0. The molecule has 2 aliphatic rings. The fraction of sp³-hybridized carbons (Fsp3) is 0.650. The summed E-state index contributed by atoms with van der Waals surface area (Å²) in [4.78, 5) is 23.9. The molecule has 26 heavy (non-hydrogen) atoms. The van der Waals surface area contributed by atoms with Crippen LogP contribution in [0.25, 0.3) is 5.78 Å². The van der Waals surface area contributed by atoms with Gasteiger partial charge in [-0.15, -0.1) is 0 Å². The van der Waals surface area contributed by atoms with Crippen LogP contribution >= 0.6 is 0 Å². The molecule has 1 saturated heterocycles. The van der Waals surface area contributed by atoms with Crippen molar-refractivity contribution in [1.82, 2.24) is 24.6 Å². The topological polar surface area (TPSA) is 62.5 Å². The molecule has 0 spiro atoms. The Hall–Kier alpha value is -1.95. The van der Waals surface area contributed by atoms with Crippen molar-refractivity contribution in [3.63, 3.8) is 0 Å². The zero-order chi connectivity index (χ0) is 17.9. The lowest BCUT2D eigenvalue weighted by Gasteiger charge is -2.36. The molecule has 1 aliphatic carbocycles. The zero-order valence-electron chi connectivity index (χ0n) is 15.7. The molecule has 1 aliphatic heterocycles. The Morgan fingerprint density at radius 3 is 2.77 bits per heavy atom. The minimum Gasteiger partial charge on any atom is -0.351 e. The summed E-state index contributed by atoms with van der Waals surface area (Å²) in [5.74, 6) is 1.26. The van der Waals surface area contributed by atoms with Gasteiger partial charge in [-0.05, 0) is 64.1 Å². The molecule has 0 atom stereocenters. The van der Waals surface area contributed by atoms with E-state index in [4.69, 9.17) is 0 Å². The van der Waals surface area contributed by atoms with Crippen molar-refractivity contribution in [1.29, 1.82) is 0 Å². The zero-order valence-corrected chi connectivity index (χ0v) is 15.7. The lowest BCUT2D eigenvalue weighted by atomic mass is 9.92. The Labute approximate surface area is 155 Å². The minimum atomic E-state index is -0.0496. The van der Waals surface area contributed by atoms with Crippen molar-refractivity contribution in [2.45, 2.75) is 57.9 Å². The highest BCUT2D eigenvalue weighted by molar-refractivity contribution is 5.94. The number of likely N-dealkylation sites (tertiary alicyclic amines) is 1. The summed E-state index contributed by atoms with van der Waals surface area (Å²) >= 11 is 0. The van der Waals surface area contributed by atoms with Crippen LogP contribution in [0, 0.1) is 12.8 Å². The van der Waals surface area contributed by atoms with E-state index in [9.17, 15) is 4.79 Å². The van der Waals surface area contributed by atoms with Crippen LogP contribution in [0.2, 0.25) is 0 Å². The van der Waals surface area contributed by atoms with Crippen LogP contribution in [0.5, 0.6) is 0 Å². The van der Waals surface area contributed by atoms with E-state index in [1.165, 1.54) is 51.6 Å². The van der Waals surface area contributed by atoms with Gasteiger partial charge in [0.2, 0.25) is 5.78 Å². The number of carbonyl (C=O) groups is 1. The van der Waals surface area contributed by atoms with Gasteiger partial charge in [-0.1, -0.05) is 12.8 Å². The average molecular weight is 355 g/mol. The summed E-state index contributed by atoms with van der Waals surface area (Å²) in [5, 5.41) is 3.09. The molecule has 6 heteroatoms. The van der Waals surface area contributed by atoms with Crippen molar-refractivity contribution >= 4 is 11.7 Å². The summed E-state index contributed by atoms with van der Waals surface area (Å²) < 4.78 is 1.77. The minimum absolute atomic E-state index is 0.0496. The summed E-state index contributed by atoms with van der Waals surface area (Å²) in [6.07, 6.45) is 12.8. The first-order chi connectivity index (χ1) is 12.7. The highest BCUT2D eigenvalue weighted by Gasteiger charge is 2.27. The average Bonchev–Trinajstić information content (AvgIpc) is 3.29. The van der Waals surface area contributed by atoms with Crippen LogP contribution in [-0.4, -0.2) is 50.9 Å². The number of fused-ring (bicyclic) bond motifs is 1. The second-order valence-corrected chi connectivity index (χ2v) is 7.80. The van der Waals surface area contributed by atoms with Crippen LogP contribution in [0.1, 0.15) is 61.1 Å². The monoisotopic (exact) mass is 355 g/mol. The van der Waals surface area contributed by atoms with Gasteiger partial charge in [0.05, 0.1) is 5.69 Å².